The smallest absolute Gasteiger partial charge is 0.184 e. The highest BCUT2D eigenvalue weighted by molar-refractivity contribution is 6.31. The zero-order valence-electron chi connectivity index (χ0n) is 11.4. The van der Waals surface area contributed by atoms with Crippen LogP contribution in [0.1, 0.15) is 12.1 Å². The molecule has 2 N–H and O–H groups in total. The van der Waals surface area contributed by atoms with E-state index in [9.17, 15) is 0 Å². The minimum atomic E-state index is 0.262. The number of hydrogen-bond donors (Lipinski definition) is 1. The van der Waals surface area contributed by atoms with Crippen LogP contribution in [0.5, 0.6) is 0 Å². The second kappa shape index (κ2) is 4.91. The van der Waals surface area contributed by atoms with Gasteiger partial charge in [0, 0.05) is 30.7 Å². The lowest BCUT2D eigenvalue weighted by atomic mass is 10.2. The highest BCUT2D eigenvalue weighted by atomic mass is 35.5. The van der Waals surface area contributed by atoms with Crippen LogP contribution in [0.4, 0.5) is 0 Å². The molecule has 1 aliphatic rings. The fourth-order valence-electron chi connectivity index (χ4n) is 2.91. The van der Waals surface area contributed by atoms with Gasteiger partial charge in [-0.2, -0.15) is 0 Å². The molecular weight excluding hydrogens is 288 g/mol. The minimum Gasteiger partial charge on any atom is -0.326 e. The highest BCUT2D eigenvalue weighted by Gasteiger charge is 2.21. The molecule has 3 heterocycles. The van der Waals surface area contributed by atoms with Crippen LogP contribution >= 0.6 is 11.6 Å². The molecule has 0 aliphatic carbocycles. The molecule has 108 valence electrons. The van der Waals surface area contributed by atoms with Crippen molar-refractivity contribution in [3.63, 3.8) is 0 Å². The average Bonchev–Trinajstić information content (AvgIpc) is 3.09. The summed E-state index contributed by atoms with van der Waals surface area (Å²) in [5.74, 6) is 0. The molecule has 2 aromatic heterocycles. The van der Waals surface area contributed by atoms with Gasteiger partial charge in [0.25, 0.3) is 0 Å². The second-order valence-corrected chi connectivity index (χ2v) is 5.94. The number of aromatic nitrogens is 4. The van der Waals surface area contributed by atoms with E-state index < -0.39 is 0 Å². The Labute approximate surface area is 126 Å². The first kappa shape index (κ1) is 12.9. The molecule has 0 saturated carbocycles. The van der Waals surface area contributed by atoms with Crippen molar-refractivity contribution in [3.05, 3.63) is 35.2 Å². The Morgan fingerprint density at radius 3 is 3.10 bits per heavy atom. The summed E-state index contributed by atoms with van der Waals surface area (Å²) in [6, 6.07) is 5.92. The van der Waals surface area contributed by atoms with E-state index in [1.54, 1.807) is 6.33 Å². The van der Waals surface area contributed by atoms with Crippen molar-refractivity contribution in [2.45, 2.75) is 19.0 Å². The zero-order chi connectivity index (χ0) is 14.4. The predicted molar refractivity (Wildman–Crippen MR) is 81.2 cm³/mol. The van der Waals surface area contributed by atoms with Gasteiger partial charge in [0.05, 0.1) is 11.0 Å². The first-order chi connectivity index (χ1) is 10.2. The number of benzene rings is 1. The van der Waals surface area contributed by atoms with E-state index in [1.807, 2.05) is 22.6 Å². The summed E-state index contributed by atoms with van der Waals surface area (Å²) in [4.78, 5) is 7.05. The largest absolute Gasteiger partial charge is 0.326 e. The summed E-state index contributed by atoms with van der Waals surface area (Å²) in [5, 5.41) is 8.91. The summed E-state index contributed by atoms with van der Waals surface area (Å²) in [5.41, 5.74) is 9.49. The van der Waals surface area contributed by atoms with Gasteiger partial charge in [-0.3, -0.25) is 9.30 Å². The minimum absolute atomic E-state index is 0.262. The molecule has 0 spiro atoms. The van der Waals surface area contributed by atoms with Gasteiger partial charge in [-0.05, 0) is 24.6 Å². The quantitative estimate of drug-likeness (QED) is 0.776. The maximum absolute atomic E-state index is 6.08. The van der Waals surface area contributed by atoms with E-state index in [-0.39, 0.29) is 6.04 Å². The Balaban J connectivity index is 1.83. The lowest BCUT2D eigenvalue weighted by molar-refractivity contribution is 0.324. The maximum Gasteiger partial charge on any atom is 0.184 e. The van der Waals surface area contributed by atoms with Crippen molar-refractivity contribution >= 4 is 28.3 Å². The number of likely N-dealkylation sites (tertiary alicyclic amines) is 1. The van der Waals surface area contributed by atoms with E-state index in [0.717, 1.165) is 48.4 Å². The van der Waals surface area contributed by atoms with Crippen LogP contribution in [0.2, 0.25) is 5.02 Å². The maximum atomic E-state index is 6.08. The first-order valence-electron chi connectivity index (χ1n) is 6.96. The molecule has 1 atom stereocenters. The number of hydrogen-bond acceptors (Lipinski definition) is 5. The summed E-state index contributed by atoms with van der Waals surface area (Å²) in [6.45, 7) is 2.65. The lowest BCUT2D eigenvalue weighted by Gasteiger charge is -2.15. The molecule has 1 aromatic carbocycles. The van der Waals surface area contributed by atoms with Gasteiger partial charge in [0.2, 0.25) is 0 Å². The first-order valence-corrected chi connectivity index (χ1v) is 7.34. The summed E-state index contributed by atoms with van der Waals surface area (Å²) in [7, 11) is 0. The SMILES string of the molecule is NC1CCN(Cc2nc3ccc(Cl)cc3n3cnnc23)C1. The van der Waals surface area contributed by atoms with Crippen molar-refractivity contribution in [1.82, 2.24) is 24.5 Å². The predicted octanol–water partition coefficient (Wildman–Crippen LogP) is 1.46. The van der Waals surface area contributed by atoms with Gasteiger partial charge in [-0.25, -0.2) is 4.98 Å². The fourth-order valence-corrected chi connectivity index (χ4v) is 3.08. The summed E-state index contributed by atoms with van der Waals surface area (Å²) in [6.07, 6.45) is 2.74. The van der Waals surface area contributed by atoms with Crippen LogP contribution in [-0.2, 0) is 6.54 Å². The third kappa shape index (κ3) is 2.25. The molecule has 1 saturated heterocycles. The molecule has 1 aliphatic heterocycles. The molecule has 0 bridgehead atoms. The molecule has 0 radical (unpaired) electrons. The molecular formula is C14H15ClN6. The molecule has 6 nitrogen and oxygen atoms in total. The highest BCUT2D eigenvalue weighted by Crippen LogP contribution is 2.22. The Morgan fingerprint density at radius 2 is 2.29 bits per heavy atom. The Morgan fingerprint density at radius 1 is 1.38 bits per heavy atom. The number of fused-ring (bicyclic) bond motifs is 3. The second-order valence-electron chi connectivity index (χ2n) is 5.50. The van der Waals surface area contributed by atoms with Gasteiger partial charge in [0.1, 0.15) is 12.0 Å². The standard InChI is InChI=1S/C14H15ClN6/c15-9-1-2-11-13(5-9)21-8-17-19-14(21)12(18-11)7-20-4-3-10(16)6-20/h1-2,5,8,10H,3-4,6-7,16H2. The monoisotopic (exact) mass is 302 g/mol. The van der Waals surface area contributed by atoms with Gasteiger partial charge in [-0.1, -0.05) is 11.6 Å². The molecule has 21 heavy (non-hydrogen) atoms. The Hall–Kier alpha value is -1.76. The molecule has 3 aromatic rings. The zero-order valence-corrected chi connectivity index (χ0v) is 12.2. The fraction of sp³-hybridized carbons (Fsp3) is 0.357. The summed E-state index contributed by atoms with van der Waals surface area (Å²) >= 11 is 6.08. The third-order valence-corrected chi connectivity index (χ3v) is 4.18. The van der Waals surface area contributed by atoms with E-state index >= 15 is 0 Å². The Kier molecular flexibility index (Phi) is 3.02. The Bertz CT molecular complexity index is 814. The lowest BCUT2D eigenvalue weighted by Crippen LogP contribution is -2.26. The normalized spacial score (nSPS) is 19.8. The van der Waals surface area contributed by atoms with Crippen molar-refractivity contribution in [2.24, 2.45) is 5.73 Å². The molecule has 4 rings (SSSR count). The van der Waals surface area contributed by atoms with Gasteiger partial charge >= 0.3 is 0 Å². The van der Waals surface area contributed by atoms with E-state index in [0.29, 0.717) is 5.02 Å². The van der Waals surface area contributed by atoms with Crippen LogP contribution in [0.3, 0.4) is 0 Å². The van der Waals surface area contributed by atoms with Crippen molar-refractivity contribution in [3.8, 4) is 0 Å². The van der Waals surface area contributed by atoms with Crippen LogP contribution in [-0.4, -0.2) is 43.6 Å². The molecule has 1 unspecified atom stereocenters. The number of halogens is 1. The van der Waals surface area contributed by atoms with E-state index in [2.05, 4.69) is 15.1 Å². The van der Waals surface area contributed by atoms with Crippen LogP contribution < -0.4 is 5.73 Å². The van der Waals surface area contributed by atoms with Crippen LogP contribution in [0, 0.1) is 0 Å². The van der Waals surface area contributed by atoms with Crippen molar-refractivity contribution < 1.29 is 0 Å². The number of nitrogens with zero attached hydrogens (tertiary/aromatic N) is 5. The third-order valence-electron chi connectivity index (χ3n) is 3.94. The summed E-state index contributed by atoms with van der Waals surface area (Å²) < 4.78 is 1.94. The van der Waals surface area contributed by atoms with E-state index in [4.69, 9.17) is 22.3 Å². The van der Waals surface area contributed by atoms with Gasteiger partial charge in [0.15, 0.2) is 5.65 Å². The van der Waals surface area contributed by atoms with Crippen LogP contribution in [0.15, 0.2) is 24.5 Å². The van der Waals surface area contributed by atoms with Gasteiger partial charge in [-0.15, -0.1) is 10.2 Å². The number of rotatable bonds is 2. The van der Waals surface area contributed by atoms with Crippen LogP contribution in [0.25, 0.3) is 16.7 Å². The van der Waals surface area contributed by atoms with Gasteiger partial charge < -0.3 is 5.73 Å². The topological polar surface area (TPSA) is 72.3 Å². The van der Waals surface area contributed by atoms with Crippen molar-refractivity contribution in [2.75, 3.05) is 13.1 Å². The number of nitrogens with two attached hydrogens (primary N) is 1. The average molecular weight is 303 g/mol. The molecule has 0 amide bonds. The molecule has 7 heteroatoms. The molecule has 1 fully saturated rings. The van der Waals surface area contributed by atoms with E-state index in [1.165, 1.54) is 0 Å². The van der Waals surface area contributed by atoms with Crippen molar-refractivity contribution in [1.29, 1.82) is 0 Å².